The number of H-pyrrole nitrogens is 1. The second kappa shape index (κ2) is 9.61. The van der Waals surface area contributed by atoms with E-state index in [-0.39, 0.29) is 22.9 Å². The molecule has 0 aliphatic rings. The molecule has 170 valence electrons. The Morgan fingerprint density at radius 1 is 1.15 bits per heavy atom. The Morgan fingerprint density at radius 2 is 1.91 bits per heavy atom. The maximum atomic E-state index is 12.3. The van der Waals surface area contributed by atoms with Gasteiger partial charge in [-0.15, -0.1) is 0 Å². The fraction of sp³-hybridized carbons (Fsp3) is 0.0435. The number of fused-ring (bicyclic) bond motifs is 1. The highest BCUT2D eigenvalue weighted by molar-refractivity contribution is 5.95. The molecule has 11 heteroatoms. The van der Waals surface area contributed by atoms with Gasteiger partial charge in [0, 0.05) is 22.9 Å². The summed E-state index contributed by atoms with van der Waals surface area (Å²) in [5.74, 6) is -0.0648. The second-order valence-corrected chi connectivity index (χ2v) is 7.02. The van der Waals surface area contributed by atoms with Gasteiger partial charge in [-0.2, -0.15) is 5.10 Å². The van der Waals surface area contributed by atoms with Crippen LogP contribution in [-0.4, -0.2) is 34.1 Å². The van der Waals surface area contributed by atoms with E-state index < -0.39 is 10.8 Å². The smallest absolute Gasteiger partial charge is 0.311 e. The molecule has 0 saturated heterocycles. The van der Waals surface area contributed by atoms with Crippen LogP contribution < -0.4 is 21.0 Å². The van der Waals surface area contributed by atoms with Gasteiger partial charge < -0.3 is 10.1 Å². The molecular weight excluding hydrogens is 440 g/mol. The zero-order chi connectivity index (χ0) is 24.1. The number of rotatable bonds is 7. The van der Waals surface area contributed by atoms with E-state index in [0.717, 1.165) is 0 Å². The Kier molecular flexibility index (Phi) is 6.26. The van der Waals surface area contributed by atoms with Crippen molar-refractivity contribution in [3.05, 3.63) is 98.3 Å². The van der Waals surface area contributed by atoms with E-state index in [1.165, 1.54) is 25.5 Å². The lowest BCUT2D eigenvalue weighted by Crippen LogP contribution is -2.17. The summed E-state index contributed by atoms with van der Waals surface area (Å²) < 4.78 is 4.95. The van der Waals surface area contributed by atoms with Crippen LogP contribution in [0.3, 0.4) is 0 Å². The molecule has 4 aromatic rings. The SMILES string of the molecule is COc1ccc(/C=N\NC(=O)c2ccc(Nc3nc4ccccc4c(=O)[nH]3)cc2)cc1[N+](=O)[O-]. The predicted octanol–water partition coefficient (Wildman–Crippen LogP) is 3.35. The van der Waals surface area contributed by atoms with Crippen molar-refractivity contribution in [2.24, 2.45) is 5.10 Å². The summed E-state index contributed by atoms with van der Waals surface area (Å²) in [4.78, 5) is 42.1. The van der Waals surface area contributed by atoms with E-state index in [0.29, 0.717) is 27.7 Å². The zero-order valence-electron chi connectivity index (χ0n) is 17.8. The summed E-state index contributed by atoms with van der Waals surface area (Å²) in [6.07, 6.45) is 1.29. The van der Waals surface area contributed by atoms with Gasteiger partial charge in [0.25, 0.3) is 11.5 Å². The van der Waals surface area contributed by atoms with E-state index in [2.05, 4.69) is 25.8 Å². The highest BCUT2D eigenvalue weighted by Crippen LogP contribution is 2.26. The van der Waals surface area contributed by atoms with Crippen LogP contribution in [0.1, 0.15) is 15.9 Å². The van der Waals surface area contributed by atoms with E-state index >= 15 is 0 Å². The van der Waals surface area contributed by atoms with Gasteiger partial charge in [0.2, 0.25) is 5.95 Å². The Hall–Kier alpha value is -5.06. The molecule has 1 amide bonds. The van der Waals surface area contributed by atoms with Crippen molar-refractivity contribution in [2.45, 2.75) is 0 Å². The third-order valence-electron chi connectivity index (χ3n) is 4.80. The van der Waals surface area contributed by atoms with Gasteiger partial charge in [-0.25, -0.2) is 10.4 Å². The number of nitro benzene ring substituents is 1. The lowest BCUT2D eigenvalue weighted by Gasteiger charge is -2.07. The van der Waals surface area contributed by atoms with E-state index in [1.54, 1.807) is 54.6 Å². The lowest BCUT2D eigenvalue weighted by atomic mass is 10.2. The Morgan fingerprint density at radius 3 is 2.65 bits per heavy atom. The number of anilines is 2. The van der Waals surface area contributed by atoms with Gasteiger partial charge in [0.15, 0.2) is 5.75 Å². The quantitative estimate of drug-likeness (QED) is 0.218. The van der Waals surface area contributed by atoms with Crippen LogP contribution in [0.25, 0.3) is 10.9 Å². The van der Waals surface area contributed by atoms with Crippen LogP contribution in [0.5, 0.6) is 5.75 Å². The fourth-order valence-corrected chi connectivity index (χ4v) is 3.15. The molecule has 4 rings (SSSR count). The van der Waals surface area contributed by atoms with Crippen LogP contribution >= 0.6 is 0 Å². The average Bonchev–Trinajstić information content (AvgIpc) is 2.84. The normalized spacial score (nSPS) is 10.9. The average molecular weight is 458 g/mol. The molecule has 1 heterocycles. The van der Waals surface area contributed by atoms with E-state index in [1.807, 2.05) is 0 Å². The topological polar surface area (TPSA) is 152 Å². The first-order valence-corrected chi connectivity index (χ1v) is 9.96. The minimum Gasteiger partial charge on any atom is -0.490 e. The Labute approximate surface area is 192 Å². The van der Waals surface area contributed by atoms with Crippen molar-refractivity contribution in [3.8, 4) is 5.75 Å². The number of nitro groups is 1. The third kappa shape index (κ3) is 4.88. The molecule has 3 N–H and O–H groups in total. The van der Waals surface area contributed by atoms with E-state index in [4.69, 9.17) is 4.74 Å². The molecule has 0 spiro atoms. The van der Waals surface area contributed by atoms with Crippen molar-refractivity contribution >= 4 is 40.3 Å². The monoisotopic (exact) mass is 458 g/mol. The van der Waals surface area contributed by atoms with Crippen molar-refractivity contribution in [3.63, 3.8) is 0 Å². The predicted molar refractivity (Wildman–Crippen MR) is 127 cm³/mol. The summed E-state index contributed by atoms with van der Waals surface area (Å²) in [5.41, 5.74) is 3.84. The minimum atomic E-state index is -0.562. The number of hydrogen-bond donors (Lipinski definition) is 3. The highest BCUT2D eigenvalue weighted by atomic mass is 16.6. The van der Waals surface area contributed by atoms with Crippen molar-refractivity contribution in [1.82, 2.24) is 15.4 Å². The lowest BCUT2D eigenvalue weighted by molar-refractivity contribution is -0.385. The molecule has 0 bridgehead atoms. The maximum Gasteiger partial charge on any atom is 0.311 e. The van der Waals surface area contributed by atoms with Gasteiger partial charge in [0.05, 0.1) is 29.2 Å². The molecule has 0 aliphatic carbocycles. The van der Waals surface area contributed by atoms with Crippen LogP contribution in [0.4, 0.5) is 17.3 Å². The summed E-state index contributed by atoms with van der Waals surface area (Å²) >= 11 is 0. The Balaban J connectivity index is 1.41. The Bertz CT molecular complexity index is 1460. The molecular formula is C23H18N6O5. The number of carbonyl (C=O) groups excluding carboxylic acids is 1. The molecule has 0 saturated carbocycles. The summed E-state index contributed by atoms with van der Waals surface area (Å²) in [7, 11) is 1.34. The number of ether oxygens (including phenoxy) is 1. The van der Waals surface area contributed by atoms with Gasteiger partial charge in [-0.3, -0.25) is 24.7 Å². The molecule has 0 aliphatic heterocycles. The maximum absolute atomic E-state index is 12.3. The van der Waals surface area contributed by atoms with Gasteiger partial charge in [-0.1, -0.05) is 12.1 Å². The molecule has 0 fully saturated rings. The number of para-hydroxylation sites is 1. The number of hydrazone groups is 1. The summed E-state index contributed by atoms with van der Waals surface area (Å²) in [6.45, 7) is 0. The first kappa shape index (κ1) is 22.1. The molecule has 3 aromatic carbocycles. The van der Waals surface area contributed by atoms with Crippen molar-refractivity contribution in [2.75, 3.05) is 12.4 Å². The van der Waals surface area contributed by atoms with Crippen molar-refractivity contribution < 1.29 is 14.5 Å². The number of hydrogen-bond acceptors (Lipinski definition) is 8. The number of benzene rings is 3. The van der Waals surface area contributed by atoms with Crippen LogP contribution in [-0.2, 0) is 0 Å². The third-order valence-corrected chi connectivity index (χ3v) is 4.80. The van der Waals surface area contributed by atoms with Gasteiger partial charge in [0.1, 0.15) is 0 Å². The molecule has 0 atom stereocenters. The van der Waals surface area contributed by atoms with Crippen molar-refractivity contribution in [1.29, 1.82) is 0 Å². The molecule has 34 heavy (non-hydrogen) atoms. The van der Waals surface area contributed by atoms with Crippen LogP contribution in [0, 0.1) is 10.1 Å². The minimum absolute atomic E-state index is 0.128. The molecule has 0 unspecified atom stereocenters. The number of amides is 1. The zero-order valence-corrected chi connectivity index (χ0v) is 17.8. The number of aromatic nitrogens is 2. The highest BCUT2D eigenvalue weighted by Gasteiger charge is 2.14. The van der Waals surface area contributed by atoms with Gasteiger partial charge >= 0.3 is 5.69 Å². The number of nitrogens with one attached hydrogen (secondary N) is 3. The fourth-order valence-electron chi connectivity index (χ4n) is 3.15. The van der Waals surface area contributed by atoms with E-state index in [9.17, 15) is 19.7 Å². The molecule has 0 radical (unpaired) electrons. The number of methoxy groups -OCH3 is 1. The summed E-state index contributed by atoms with van der Waals surface area (Å²) in [6, 6.07) is 17.8. The first-order chi connectivity index (χ1) is 16.4. The second-order valence-electron chi connectivity index (χ2n) is 7.02. The molecule has 1 aromatic heterocycles. The standard InChI is InChI=1S/C23H18N6O5/c1-34-20-11-6-14(12-19(20)29(32)33)13-24-28-21(30)15-7-9-16(10-8-15)25-23-26-18-5-3-2-4-17(18)22(31)27-23/h2-13H,1H3,(H,28,30)(H2,25,26,27,31)/b24-13-. The molecule has 11 nitrogen and oxygen atoms in total. The van der Waals surface area contributed by atoms with Crippen LogP contribution in [0.2, 0.25) is 0 Å². The first-order valence-electron chi connectivity index (χ1n) is 9.96. The van der Waals surface area contributed by atoms with Crippen LogP contribution in [0.15, 0.2) is 76.6 Å². The number of carbonyl (C=O) groups is 1. The largest absolute Gasteiger partial charge is 0.490 e. The van der Waals surface area contributed by atoms with Gasteiger partial charge in [-0.05, 0) is 48.5 Å². The summed E-state index contributed by atoms with van der Waals surface area (Å²) in [5, 5.41) is 18.4. The number of aromatic amines is 1. The number of nitrogens with zero attached hydrogens (tertiary/aromatic N) is 3.